The van der Waals surface area contributed by atoms with Gasteiger partial charge in [0, 0.05) is 18.1 Å². The summed E-state index contributed by atoms with van der Waals surface area (Å²) in [4.78, 5) is 23.2. The second-order valence-corrected chi connectivity index (χ2v) is 5.59. The normalized spacial score (nSPS) is 10.4. The van der Waals surface area contributed by atoms with Crippen molar-refractivity contribution >= 4 is 17.6 Å². The van der Waals surface area contributed by atoms with E-state index in [1.807, 2.05) is 36.5 Å². The molecule has 1 heterocycles. The second-order valence-electron chi connectivity index (χ2n) is 5.59. The van der Waals surface area contributed by atoms with E-state index in [9.17, 15) is 9.59 Å². The molecule has 0 saturated carbocycles. The van der Waals surface area contributed by atoms with Crippen LogP contribution in [-0.4, -0.2) is 26.8 Å². The number of carbonyl (C=O) groups is 2. The molecule has 3 aromatic rings. The van der Waals surface area contributed by atoms with Crippen molar-refractivity contribution in [1.82, 2.24) is 9.78 Å². The lowest BCUT2D eigenvalue weighted by Crippen LogP contribution is -2.16. The van der Waals surface area contributed by atoms with Gasteiger partial charge >= 0.3 is 5.97 Å². The lowest BCUT2D eigenvalue weighted by atomic mass is 10.1. The number of aromatic carboxylic acids is 1. The van der Waals surface area contributed by atoms with Crippen molar-refractivity contribution in [3.63, 3.8) is 0 Å². The van der Waals surface area contributed by atoms with Crippen LogP contribution < -0.4 is 5.32 Å². The first-order chi connectivity index (χ1) is 12.1. The summed E-state index contributed by atoms with van der Waals surface area (Å²) < 4.78 is 1.79. The van der Waals surface area contributed by atoms with Crippen molar-refractivity contribution in [3.8, 4) is 0 Å². The highest BCUT2D eigenvalue weighted by Crippen LogP contribution is 2.17. The summed E-state index contributed by atoms with van der Waals surface area (Å²) in [5, 5.41) is 16.0. The van der Waals surface area contributed by atoms with E-state index < -0.39 is 5.97 Å². The van der Waals surface area contributed by atoms with E-state index in [4.69, 9.17) is 5.11 Å². The Morgan fingerprint density at radius 2 is 1.80 bits per heavy atom. The molecule has 0 atom stereocenters. The molecular formula is C19H17N3O3. The fraction of sp³-hybridized carbons (Fsp3) is 0.105. The SMILES string of the molecule is O=C(Cc1ccc(C(=O)O)cc1)Nc1ccccc1Cn1cccn1. The quantitative estimate of drug-likeness (QED) is 0.725. The maximum atomic E-state index is 12.3. The lowest BCUT2D eigenvalue weighted by Gasteiger charge is -2.11. The van der Waals surface area contributed by atoms with Crippen molar-refractivity contribution in [2.75, 3.05) is 5.32 Å². The number of aromatic nitrogens is 2. The molecule has 2 N–H and O–H groups in total. The smallest absolute Gasteiger partial charge is 0.335 e. The molecule has 2 aromatic carbocycles. The van der Waals surface area contributed by atoms with Gasteiger partial charge < -0.3 is 10.4 Å². The number of nitrogens with one attached hydrogen (secondary N) is 1. The van der Waals surface area contributed by atoms with Crippen LogP contribution >= 0.6 is 0 Å². The number of anilines is 1. The van der Waals surface area contributed by atoms with E-state index in [2.05, 4.69) is 10.4 Å². The van der Waals surface area contributed by atoms with Gasteiger partial charge in [-0.25, -0.2) is 4.79 Å². The predicted octanol–water partition coefficient (Wildman–Crippen LogP) is 2.81. The maximum absolute atomic E-state index is 12.3. The summed E-state index contributed by atoms with van der Waals surface area (Å²) in [6, 6.07) is 15.7. The molecular weight excluding hydrogens is 318 g/mol. The zero-order valence-corrected chi connectivity index (χ0v) is 13.4. The van der Waals surface area contributed by atoms with Gasteiger partial charge in [0.05, 0.1) is 18.5 Å². The number of amides is 1. The Labute approximate surface area is 144 Å². The highest BCUT2D eigenvalue weighted by Gasteiger charge is 2.09. The minimum absolute atomic E-state index is 0.156. The van der Waals surface area contributed by atoms with Gasteiger partial charge in [-0.15, -0.1) is 0 Å². The number of carboxylic acids is 1. The van der Waals surface area contributed by atoms with Gasteiger partial charge in [0.25, 0.3) is 0 Å². The standard InChI is InChI=1S/C19H17N3O3/c23-18(12-14-6-8-15(9-7-14)19(24)25)21-17-5-2-1-4-16(17)13-22-11-3-10-20-22/h1-11H,12-13H2,(H,21,23)(H,24,25). The fourth-order valence-corrected chi connectivity index (χ4v) is 2.49. The Balaban J connectivity index is 1.67. The molecule has 0 fully saturated rings. The summed E-state index contributed by atoms with van der Waals surface area (Å²) in [5.74, 6) is -1.14. The molecule has 1 aromatic heterocycles. The third-order valence-corrected chi connectivity index (χ3v) is 3.75. The number of nitrogens with zero attached hydrogens (tertiary/aromatic N) is 2. The van der Waals surface area contributed by atoms with Crippen molar-refractivity contribution < 1.29 is 14.7 Å². The minimum atomic E-state index is -0.983. The third-order valence-electron chi connectivity index (χ3n) is 3.75. The average molecular weight is 335 g/mol. The summed E-state index contributed by atoms with van der Waals surface area (Å²) >= 11 is 0. The highest BCUT2D eigenvalue weighted by atomic mass is 16.4. The molecule has 0 aliphatic carbocycles. The van der Waals surface area contributed by atoms with Gasteiger partial charge in [0.15, 0.2) is 0 Å². The Morgan fingerprint density at radius 3 is 2.48 bits per heavy atom. The van der Waals surface area contributed by atoms with Crippen molar-refractivity contribution in [3.05, 3.63) is 83.7 Å². The average Bonchev–Trinajstić information content (AvgIpc) is 3.10. The number of para-hydroxylation sites is 1. The van der Waals surface area contributed by atoms with Crippen molar-refractivity contribution in [1.29, 1.82) is 0 Å². The van der Waals surface area contributed by atoms with Crippen LogP contribution in [-0.2, 0) is 17.8 Å². The molecule has 0 saturated heterocycles. The molecule has 0 unspecified atom stereocenters. The molecule has 0 radical (unpaired) electrons. The number of carbonyl (C=O) groups excluding carboxylic acids is 1. The number of hydrogen-bond acceptors (Lipinski definition) is 3. The van der Waals surface area contributed by atoms with Gasteiger partial charge in [0.2, 0.25) is 5.91 Å². The summed E-state index contributed by atoms with van der Waals surface area (Å²) in [7, 11) is 0. The first-order valence-corrected chi connectivity index (χ1v) is 7.79. The lowest BCUT2D eigenvalue weighted by molar-refractivity contribution is -0.115. The second kappa shape index (κ2) is 7.44. The molecule has 6 heteroatoms. The van der Waals surface area contributed by atoms with E-state index in [-0.39, 0.29) is 17.9 Å². The van der Waals surface area contributed by atoms with Crippen LogP contribution in [0.4, 0.5) is 5.69 Å². The molecule has 25 heavy (non-hydrogen) atoms. The first-order valence-electron chi connectivity index (χ1n) is 7.79. The zero-order valence-electron chi connectivity index (χ0n) is 13.4. The van der Waals surface area contributed by atoms with Crippen molar-refractivity contribution in [2.45, 2.75) is 13.0 Å². The van der Waals surface area contributed by atoms with Crippen LogP contribution in [0.1, 0.15) is 21.5 Å². The molecule has 0 spiro atoms. The molecule has 6 nitrogen and oxygen atoms in total. The minimum Gasteiger partial charge on any atom is -0.478 e. The van der Waals surface area contributed by atoms with Crippen LogP contribution in [0.5, 0.6) is 0 Å². The van der Waals surface area contributed by atoms with Gasteiger partial charge in [-0.3, -0.25) is 9.48 Å². The number of benzene rings is 2. The molecule has 126 valence electrons. The van der Waals surface area contributed by atoms with Crippen LogP contribution in [0.2, 0.25) is 0 Å². The van der Waals surface area contributed by atoms with E-state index in [0.29, 0.717) is 6.54 Å². The third kappa shape index (κ3) is 4.32. The summed E-state index contributed by atoms with van der Waals surface area (Å²) in [6.45, 7) is 0.566. The molecule has 0 aliphatic heterocycles. The Hall–Kier alpha value is -3.41. The molecule has 1 amide bonds. The van der Waals surface area contributed by atoms with E-state index in [0.717, 1.165) is 16.8 Å². The fourth-order valence-electron chi connectivity index (χ4n) is 2.49. The Morgan fingerprint density at radius 1 is 1.04 bits per heavy atom. The Kier molecular flexibility index (Phi) is 4.89. The van der Waals surface area contributed by atoms with Gasteiger partial charge in [-0.05, 0) is 35.4 Å². The number of hydrogen-bond donors (Lipinski definition) is 2. The van der Waals surface area contributed by atoms with Crippen LogP contribution in [0.15, 0.2) is 67.0 Å². The zero-order chi connectivity index (χ0) is 17.6. The highest BCUT2D eigenvalue weighted by molar-refractivity contribution is 5.93. The van der Waals surface area contributed by atoms with E-state index in [1.54, 1.807) is 23.0 Å². The molecule has 0 aliphatic rings. The van der Waals surface area contributed by atoms with Gasteiger partial charge in [0.1, 0.15) is 0 Å². The van der Waals surface area contributed by atoms with Gasteiger partial charge in [-0.1, -0.05) is 30.3 Å². The topological polar surface area (TPSA) is 84.2 Å². The largest absolute Gasteiger partial charge is 0.478 e. The molecule has 0 bridgehead atoms. The van der Waals surface area contributed by atoms with E-state index >= 15 is 0 Å². The van der Waals surface area contributed by atoms with Crippen molar-refractivity contribution in [2.24, 2.45) is 0 Å². The summed E-state index contributed by atoms with van der Waals surface area (Å²) in [5.41, 5.74) is 2.66. The summed E-state index contributed by atoms with van der Waals surface area (Å²) in [6.07, 6.45) is 3.75. The Bertz CT molecular complexity index is 871. The van der Waals surface area contributed by atoms with E-state index in [1.165, 1.54) is 12.1 Å². The van der Waals surface area contributed by atoms with Gasteiger partial charge in [-0.2, -0.15) is 5.10 Å². The van der Waals surface area contributed by atoms with Crippen LogP contribution in [0, 0.1) is 0 Å². The maximum Gasteiger partial charge on any atom is 0.335 e. The predicted molar refractivity (Wildman–Crippen MR) is 93.5 cm³/mol. The number of carboxylic acid groups (broad SMARTS) is 1. The molecule has 3 rings (SSSR count). The van der Waals surface area contributed by atoms with Crippen LogP contribution in [0.25, 0.3) is 0 Å². The first kappa shape index (κ1) is 16.4. The monoisotopic (exact) mass is 335 g/mol. The number of rotatable bonds is 6. The van der Waals surface area contributed by atoms with Crippen LogP contribution in [0.3, 0.4) is 0 Å².